The second kappa shape index (κ2) is 9.65. The molecule has 0 spiro atoms. The van der Waals surface area contributed by atoms with Crippen LogP contribution in [0.15, 0.2) is 60.9 Å². The zero-order valence-electron chi connectivity index (χ0n) is 16.2. The summed E-state index contributed by atoms with van der Waals surface area (Å²) in [7, 11) is 1.85. The number of nitrogens with zero attached hydrogens (tertiary/aromatic N) is 2. The van der Waals surface area contributed by atoms with Crippen LogP contribution in [0.25, 0.3) is 0 Å². The summed E-state index contributed by atoms with van der Waals surface area (Å²) in [5.41, 5.74) is 6.85. The molecule has 2 aromatic carbocycles. The van der Waals surface area contributed by atoms with E-state index >= 15 is 0 Å². The topological polar surface area (TPSA) is 102 Å². The van der Waals surface area contributed by atoms with Crippen molar-refractivity contribution in [3.05, 3.63) is 87.9 Å². The van der Waals surface area contributed by atoms with Crippen molar-refractivity contribution in [3.63, 3.8) is 0 Å². The standard InChI is InChI=1S/C21H21Cl2N5O2/c1-28-11-10-25-20(28)19(14-4-8-16(23)9-5-14)27-18(29)12-17(26-21(24)30)13-2-6-15(22)7-3-13/h2-11,17,19H,12H2,1H3,(H,27,29)(H3,24,26,30). The van der Waals surface area contributed by atoms with Gasteiger partial charge in [0.1, 0.15) is 11.9 Å². The Morgan fingerprint density at radius 2 is 1.57 bits per heavy atom. The van der Waals surface area contributed by atoms with E-state index in [1.165, 1.54) is 0 Å². The number of amides is 3. The molecule has 1 heterocycles. The lowest BCUT2D eigenvalue weighted by atomic mass is 10.0. The van der Waals surface area contributed by atoms with Crippen molar-refractivity contribution in [2.24, 2.45) is 12.8 Å². The van der Waals surface area contributed by atoms with Crippen LogP contribution in [-0.2, 0) is 11.8 Å². The molecule has 1 aromatic heterocycles. The molecule has 30 heavy (non-hydrogen) atoms. The molecule has 3 amide bonds. The molecule has 9 heteroatoms. The number of nitrogens with one attached hydrogen (secondary N) is 2. The Kier molecular flexibility index (Phi) is 6.97. The van der Waals surface area contributed by atoms with Crippen LogP contribution < -0.4 is 16.4 Å². The first-order valence-corrected chi connectivity index (χ1v) is 9.92. The van der Waals surface area contributed by atoms with Crippen LogP contribution in [0.5, 0.6) is 0 Å². The van der Waals surface area contributed by atoms with Gasteiger partial charge in [0.15, 0.2) is 0 Å². The molecule has 2 atom stereocenters. The van der Waals surface area contributed by atoms with Crippen LogP contribution in [0.3, 0.4) is 0 Å². The zero-order valence-corrected chi connectivity index (χ0v) is 17.7. The summed E-state index contributed by atoms with van der Waals surface area (Å²) >= 11 is 11.9. The Morgan fingerprint density at radius 3 is 2.07 bits per heavy atom. The van der Waals surface area contributed by atoms with Crippen LogP contribution in [0, 0.1) is 0 Å². The molecular formula is C21H21Cl2N5O2. The van der Waals surface area contributed by atoms with Gasteiger partial charge in [-0.15, -0.1) is 0 Å². The predicted octanol–water partition coefficient (Wildman–Crippen LogP) is 3.73. The van der Waals surface area contributed by atoms with Gasteiger partial charge in [-0.2, -0.15) is 0 Å². The number of carbonyl (C=O) groups excluding carboxylic acids is 2. The molecule has 0 radical (unpaired) electrons. The van der Waals surface area contributed by atoms with Crippen molar-refractivity contribution in [3.8, 4) is 0 Å². The first-order valence-electron chi connectivity index (χ1n) is 9.17. The number of benzene rings is 2. The first kappa shape index (κ1) is 21.7. The highest BCUT2D eigenvalue weighted by atomic mass is 35.5. The van der Waals surface area contributed by atoms with E-state index < -0.39 is 18.1 Å². The highest BCUT2D eigenvalue weighted by Gasteiger charge is 2.24. The van der Waals surface area contributed by atoms with E-state index in [0.29, 0.717) is 21.4 Å². The monoisotopic (exact) mass is 445 g/mol. The summed E-state index contributed by atoms with van der Waals surface area (Å²) in [6.07, 6.45) is 3.45. The lowest BCUT2D eigenvalue weighted by Crippen LogP contribution is -2.38. The van der Waals surface area contributed by atoms with Crippen molar-refractivity contribution in [2.45, 2.75) is 18.5 Å². The van der Waals surface area contributed by atoms with E-state index in [2.05, 4.69) is 15.6 Å². The fraction of sp³-hybridized carbons (Fsp3) is 0.190. The average Bonchev–Trinajstić information content (AvgIpc) is 3.12. The fourth-order valence-electron chi connectivity index (χ4n) is 3.13. The molecule has 0 saturated carbocycles. The van der Waals surface area contributed by atoms with Crippen LogP contribution in [0.4, 0.5) is 4.79 Å². The van der Waals surface area contributed by atoms with Gasteiger partial charge in [0.2, 0.25) is 5.91 Å². The highest BCUT2D eigenvalue weighted by Crippen LogP contribution is 2.24. The number of urea groups is 1. The smallest absolute Gasteiger partial charge is 0.312 e. The van der Waals surface area contributed by atoms with Gasteiger partial charge in [0.05, 0.1) is 12.5 Å². The van der Waals surface area contributed by atoms with E-state index in [4.69, 9.17) is 28.9 Å². The van der Waals surface area contributed by atoms with Crippen LogP contribution in [0.1, 0.15) is 35.5 Å². The van der Waals surface area contributed by atoms with E-state index in [-0.39, 0.29) is 12.3 Å². The Morgan fingerprint density at radius 1 is 1.00 bits per heavy atom. The fourth-order valence-corrected chi connectivity index (χ4v) is 3.38. The second-order valence-corrected chi connectivity index (χ2v) is 7.64. The number of imidazole rings is 1. The van der Waals surface area contributed by atoms with Gasteiger partial charge in [-0.1, -0.05) is 47.5 Å². The molecule has 0 aliphatic heterocycles. The highest BCUT2D eigenvalue weighted by molar-refractivity contribution is 6.30. The predicted molar refractivity (Wildman–Crippen MR) is 116 cm³/mol. The van der Waals surface area contributed by atoms with Crippen molar-refractivity contribution >= 4 is 35.1 Å². The van der Waals surface area contributed by atoms with Crippen molar-refractivity contribution < 1.29 is 9.59 Å². The number of rotatable bonds is 7. The number of nitrogens with two attached hydrogens (primary N) is 1. The van der Waals surface area contributed by atoms with E-state index in [1.54, 1.807) is 48.8 Å². The summed E-state index contributed by atoms with van der Waals surface area (Å²) < 4.78 is 1.83. The minimum atomic E-state index is -0.721. The summed E-state index contributed by atoms with van der Waals surface area (Å²) in [5, 5.41) is 6.76. The lowest BCUT2D eigenvalue weighted by molar-refractivity contribution is -0.122. The minimum absolute atomic E-state index is 0.0148. The third-order valence-electron chi connectivity index (χ3n) is 4.60. The Bertz CT molecular complexity index is 1020. The number of aryl methyl sites for hydroxylation is 1. The van der Waals surface area contributed by atoms with E-state index in [9.17, 15) is 9.59 Å². The maximum absolute atomic E-state index is 12.9. The average molecular weight is 446 g/mol. The molecule has 0 aliphatic carbocycles. The third kappa shape index (κ3) is 5.52. The van der Waals surface area contributed by atoms with Gasteiger partial charge in [-0.3, -0.25) is 4.79 Å². The summed E-state index contributed by atoms with van der Waals surface area (Å²) in [5.74, 6) is 0.378. The summed E-state index contributed by atoms with van der Waals surface area (Å²) in [6.45, 7) is 0. The Hall–Kier alpha value is -3.03. The van der Waals surface area contributed by atoms with Gasteiger partial charge >= 0.3 is 6.03 Å². The molecule has 0 bridgehead atoms. The molecule has 7 nitrogen and oxygen atoms in total. The number of hydrogen-bond acceptors (Lipinski definition) is 3. The summed E-state index contributed by atoms with van der Waals surface area (Å²) in [4.78, 5) is 28.8. The molecule has 3 aromatic rings. The van der Waals surface area contributed by atoms with E-state index in [0.717, 1.165) is 5.56 Å². The van der Waals surface area contributed by atoms with Crippen LogP contribution in [0.2, 0.25) is 10.0 Å². The maximum Gasteiger partial charge on any atom is 0.312 e. The molecular weight excluding hydrogens is 425 g/mol. The SMILES string of the molecule is Cn1ccnc1C(NC(=O)CC(NC(N)=O)c1ccc(Cl)cc1)c1ccc(Cl)cc1. The number of carbonyl (C=O) groups is 2. The molecule has 0 fully saturated rings. The molecule has 0 aliphatic rings. The van der Waals surface area contributed by atoms with Crippen LogP contribution in [-0.4, -0.2) is 21.5 Å². The molecule has 3 rings (SSSR count). The molecule has 4 N–H and O–H groups in total. The zero-order chi connectivity index (χ0) is 21.7. The maximum atomic E-state index is 12.9. The van der Waals surface area contributed by atoms with Gasteiger partial charge in [-0.25, -0.2) is 9.78 Å². The van der Waals surface area contributed by atoms with Gasteiger partial charge in [0, 0.05) is 29.5 Å². The lowest BCUT2D eigenvalue weighted by Gasteiger charge is -2.22. The Labute approximate surface area is 184 Å². The summed E-state index contributed by atoms with van der Waals surface area (Å²) in [6, 6.07) is 12.2. The van der Waals surface area contributed by atoms with Crippen molar-refractivity contribution in [1.82, 2.24) is 20.2 Å². The van der Waals surface area contributed by atoms with Gasteiger partial charge in [0.25, 0.3) is 0 Å². The van der Waals surface area contributed by atoms with Gasteiger partial charge in [-0.05, 0) is 35.4 Å². The van der Waals surface area contributed by atoms with Crippen molar-refractivity contribution in [1.29, 1.82) is 0 Å². The van der Waals surface area contributed by atoms with E-state index in [1.807, 2.05) is 23.7 Å². The number of halogens is 2. The second-order valence-electron chi connectivity index (χ2n) is 6.77. The number of primary amides is 1. The minimum Gasteiger partial charge on any atom is -0.352 e. The third-order valence-corrected chi connectivity index (χ3v) is 5.11. The molecule has 2 unspecified atom stereocenters. The van der Waals surface area contributed by atoms with Crippen LogP contribution >= 0.6 is 23.2 Å². The normalized spacial score (nSPS) is 12.8. The largest absolute Gasteiger partial charge is 0.352 e. The first-order chi connectivity index (χ1) is 14.3. The molecule has 0 saturated heterocycles. The van der Waals surface area contributed by atoms with Gasteiger partial charge < -0.3 is 20.9 Å². The van der Waals surface area contributed by atoms with Crippen molar-refractivity contribution in [2.75, 3.05) is 0 Å². The quantitative estimate of drug-likeness (QED) is 0.515. The number of aromatic nitrogens is 2. The molecule has 156 valence electrons. The number of hydrogen-bond donors (Lipinski definition) is 3. The Balaban J connectivity index is 1.83.